The molecule has 0 saturated carbocycles. The van der Waals surface area contributed by atoms with E-state index in [1.54, 1.807) is 19.5 Å². The van der Waals surface area contributed by atoms with Crippen LogP contribution in [0.4, 0.5) is 0 Å². The summed E-state index contributed by atoms with van der Waals surface area (Å²) in [5.74, 6) is 0. The van der Waals surface area contributed by atoms with Crippen molar-refractivity contribution in [3.8, 4) is 22.3 Å². The average molecular weight is 488 g/mol. The molecule has 0 aliphatic rings. The zero-order valence-electron chi connectivity index (χ0n) is 18.2. The average Bonchev–Trinajstić information content (AvgIpc) is 3.15. The van der Waals surface area contributed by atoms with Crippen molar-refractivity contribution in [2.24, 2.45) is 4.99 Å². The Morgan fingerprint density at radius 1 is 0.941 bits per heavy atom. The lowest BCUT2D eigenvalue weighted by atomic mass is 9.97. The van der Waals surface area contributed by atoms with Crippen LogP contribution in [-0.2, 0) is 6.54 Å². The van der Waals surface area contributed by atoms with Gasteiger partial charge in [-0.25, -0.2) is 9.48 Å². The minimum atomic E-state index is -0.317. The maximum atomic E-state index is 13.2. The largest absolute Gasteiger partial charge is 0.367 e. The molecule has 5 aromatic rings. The smallest absolute Gasteiger partial charge is 0.296 e. The van der Waals surface area contributed by atoms with Gasteiger partial charge in [0.2, 0.25) is 0 Å². The molecule has 0 bridgehead atoms. The Labute approximate surface area is 205 Å². The summed E-state index contributed by atoms with van der Waals surface area (Å²) in [6, 6.07) is 22.8. The lowest BCUT2D eigenvalue weighted by molar-refractivity contribution is 0.650. The van der Waals surface area contributed by atoms with E-state index < -0.39 is 0 Å². The predicted molar refractivity (Wildman–Crippen MR) is 137 cm³/mol. The zero-order valence-corrected chi connectivity index (χ0v) is 19.7. The number of hydrogen-bond acceptors (Lipinski definition) is 4. The number of fused-ring (bicyclic) bond motifs is 1. The summed E-state index contributed by atoms with van der Waals surface area (Å²) < 4.78 is 2.76. The highest BCUT2D eigenvalue weighted by molar-refractivity contribution is 6.31. The third-order valence-corrected chi connectivity index (χ3v) is 5.97. The summed E-state index contributed by atoms with van der Waals surface area (Å²) in [6.45, 7) is 0.309. The SMILES string of the molecule is CN=Cc1cccc(Cn2nc3c(-c4ccc(Cl)cc4)c(-c4ccc(Cl)cc4)cnn3c2=O)c1. The van der Waals surface area contributed by atoms with Crippen molar-refractivity contribution in [2.75, 3.05) is 7.05 Å². The van der Waals surface area contributed by atoms with Crippen molar-refractivity contribution in [3.63, 3.8) is 0 Å². The first-order chi connectivity index (χ1) is 16.5. The molecule has 3 aromatic carbocycles. The van der Waals surface area contributed by atoms with E-state index in [-0.39, 0.29) is 5.69 Å². The second kappa shape index (κ2) is 9.25. The Hall–Kier alpha value is -3.74. The van der Waals surface area contributed by atoms with E-state index in [1.165, 1.54) is 9.20 Å². The van der Waals surface area contributed by atoms with Gasteiger partial charge < -0.3 is 0 Å². The van der Waals surface area contributed by atoms with Crippen molar-refractivity contribution in [2.45, 2.75) is 6.54 Å². The van der Waals surface area contributed by atoms with E-state index in [4.69, 9.17) is 28.3 Å². The number of rotatable bonds is 5. The number of halogens is 2. The molecule has 2 heterocycles. The summed E-state index contributed by atoms with van der Waals surface area (Å²) in [4.78, 5) is 17.3. The normalized spacial score (nSPS) is 11.5. The Morgan fingerprint density at radius 3 is 2.29 bits per heavy atom. The lowest BCUT2D eigenvalue weighted by Crippen LogP contribution is -2.23. The second-order valence-electron chi connectivity index (χ2n) is 7.75. The molecule has 5 rings (SSSR count). The minimum Gasteiger partial charge on any atom is -0.296 e. The van der Waals surface area contributed by atoms with Crippen LogP contribution in [0.2, 0.25) is 10.0 Å². The molecule has 6 nitrogen and oxygen atoms in total. The molecule has 0 aliphatic heterocycles. The van der Waals surface area contributed by atoms with E-state index in [2.05, 4.69) is 10.1 Å². The number of aliphatic imine (C=N–C) groups is 1. The second-order valence-corrected chi connectivity index (χ2v) is 8.63. The Kier molecular flexibility index (Phi) is 6.01. The summed E-state index contributed by atoms with van der Waals surface area (Å²) in [6.07, 6.45) is 3.46. The van der Waals surface area contributed by atoms with Crippen molar-refractivity contribution in [1.29, 1.82) is 0 Å². The molecule has 0 atom stereocenters. The molecule has 0 amide bonds. The topological polar surface area (TPSA) is 64.6 Å². The van der Waals surface area contributed by atoms with Crippen LogP contribution in [0.1, 0.15) is 11.1 Å². The van der Waals surface area contributed by atoms with E-state index in [1.807, 2.05) is 72.8 Å². The molecule has 8 heteroatoms. The molecule has 0 N–H and O–H groups in total. The van der Waals surface area contributed by atoms with Crippen LogP contribution >= 0.6 is 23.2 Å². The van der Waals surface area contributed by atoms with Crippen LogP contribution < -0.4 is 5.69 Å². The predicted octanol–water partition coefficient (Wildman–Crippen LogP) is 5.63. The third kappa shape index (κ3) is 4.25. The minimum absolute atomic E-state index is 0.309. The van der Waals surface area contributed by atoms with Gasteiger partial charge in [0.15, 0.2) is 5.65 Å². The summed E-state index contributed by atoms with van der Waals surface area (Å²) in [5, 5.41) is 10.4. The number of hydrogen-bond donors (Lipinski definition) is 0. The highest BCUT2D eigenvalue weighted by Gasteiger charge is 2.19. The van der Waals surface area contributed by atoms with Gasteiger partial charge in [0.25, 0.3) is 0 Å². The lowest BCUT2D eigenvalue weighted by Gasteiger charge is -2.11. The molecule has 0 aliphatic carbocycles. The highest BCUT2D eigenvalue weighted by Crippen LogP contribution is 2.35. The van der Waals surface area contributed by atoms with Crippen molar-refractivity contribution in [3.05, 3.63) is 111 Å². The molecule has 0 radical (unpaired) electrons. The van der Waals surface area contributed by atoms with Crippen LogP contribution in [0.3, 0.4) is 0 Å². The van der Waals surface area contributed by atoms with Gasteiger partial charge in [-0.1, -0.05) is 65.7 Å². The first-order valence-electron chi connectivity index (χ1n) is 10.6. The van der Waals surface area contributed by atoms with Gasteiger partial charge in [0, 0.05) is 34.4 Å². The van der Waals surface area contributed by atoms with E-state index >= 15 is 0 Å². The van der Waals surface area contributed by atoms with Gasteiger partial charge in [0.05, 0.1) is 12.7 Å². The fourth-order valence-corrected chi connectivity index (χ4v) is 4.16. The monoisotopic (exact) mass is 487 g/mol. The maximum Gasteiger partial charge on any atom is 0.367 e. The summed E-state index contributed by atoms with van der Waals surface area (Å²) in [5.41, 5.74) is 5.46. The van der Waals surface area contributed by atoms with E-state index in [9.17, 15) is 4.79 Å². The molecule has 0 saturated heterocycles. The van der Waals surface area contributed by atoms with Crippen LogP contribution in [0.25, 0.3) is 27.9 Å². The first-order valence-corrected chi connectivity index (χ1v) is 11.3. The summed E-state index contributed by atoms with van der Waals surface area (Å²) >= 11 is 12.2. The Balaban J connectivity index is 1.70. The molecule has 34 heavy (non-hydrogen) atoms. The van der Waals surface area contributed by atoms with Crippen molar-refractivity contribution in [1.82, 2.24) is 19.4 Å². The third-order valence-electron chi connectivity index (χ3n) is 5.46. The number of aromatic nitrogens is 4. The van der Waals surface area contributed by atoms with Crippen LogP contribution in [0, 0.1) is 0 Å². The number of benzene rings is 3. The first kappa shape index (κ1) is 22.1. The van der Waals surface area contributed by atoms with Crippen molar-refractivity contribution < 1.29 is 0 Å². The van der Waals surface area contributed by atoms with Gasteiger partial charge in [0.1, 0.15) is 0 Å². The molecule has 0 fully saturated rings. The van der Waals surface area contributed by atoms with E-state index in [0.717, 1.165) is 33.4 Å². The summed E-state index contributed by atoms with van der Waals surface area (Å²) in [7, 11) is 1.72. The molecular weight excluding hydrogens is 469 g/mol. The molecule has 0 unspecified atom stereocenters. The van der Waals surface area contributed by atoms with Gasteiger partial charge in [-0.15, -0.1) is 5.10 Å². The molecule has 2 aromatic heterocycles. The van der Waals surface area contributed by atoms with Crippen LogP contribution in [0.15, 0.2) is 88.8 Å². The fourth-order valence-electron chi connectivity index (χ4n) is 3.91. The molecule has 0 spiro atoms. The Morgan fingerprint density at radius 2 is 1.62 bits per heavy atom. The van der Waals surface area contributed by atoms with Gasteiger partial charge in [-0.05, 0) is 52.6 Å². The van der Waals surface area contributed by atoms with Crippen LogP contribution in [0.5, 0.6) is 0 Å². The van der Waals surface area contributed by atoms with Crippen molar-refractivity contribution >= 4 is 35.1 Å². The Bertz CT molecular complexity index is 1570. The fraction of sp³-hybridized carbons (Fsp3) is 0.0769. The molecule has 168 valence electrons. The quantitative estimate of drug-likeness (QED) is 0.301. The molecular formula is C26H19Cl2N5O. The standard InChI is InChI=1S/C26H19Cl2N5O/c1-29-14-17-3-2-4-18(13-17)16-32-26(34)33-25(31-32)24(20-7-11-22(28)12-8-20)23(15-30-33)19-5-9-21(27)10-6-19/h2-15H,16H2,1H3. The van der Waals surface area contributed by atoms with Gasteiger partial charge in [-0.2, -0.15) is 9.61 Å². The number of nitrogens with zero attached hydrogens (tertiary/aromatic N) is 5. The van der Waals surface area contributed by atoms with Crippen LogP contribution in [-0.4, -0.2) is 32.7 Å². The zero-order chi connectivity index (χ0) is 23.7. The highest BCUT2D eigenvalue weighted by atomic mass is 35.5. The van der Waals surface area contributed by atoms with Gasteiger partial charge in [-0.3, -0.25) is 4.99 Å². The maximum absolute atomic E-state index is 13.2. The van der Waals surface area contributed by atoms with Gasteiger partial charge >= 0.3 is 5.69 Å². The van der Waals surface area contributed by atoms with E-state index in [0.29, 0.717) is 22.2 Å².